The highest BCUT2D eigenvalue weighted by Crippen LogP contribution is 2.31. The highest BCUT2D eigenvalue weighted by molar-refractivity contribution is 6.07. The molecule has 1 unspecified atom stereocenters. The molecule has 1 aromatic carbocycles. The summed E-state index contributed by atoms with van der Waals surface area (Å²) in [5.41, 5.74) is -0.194. The molecule has 1 N–H and O–H groups in total. The van der Waals surface area contributed by atoms with Crippen LogP contribution in [0.1, 0.15) is 18.9 Å². The maximum atomic E-state index is 12.4. The van der Waals surface area contributed by atoms with Gasteiger partial charge in [0.2, 0.25) is 0 Å². The zero-order valence-corrected chi connectivity index (χ0v) is 10.1. The molecule has 3 amide bonds. The van der Waals surface area contributed by atoms with Crippen LogP contribution in [0.3, 0.4) is 0 Å². The molecular formula is C14H14N2O2. The normalized spacial score (nSPS) is 22.8. The highest BCUT2D eigenvalue weighted by atomic mass is 16.2. The zero-order chi connectivity index (χ0) is 13.2. The molecule has 0 aliphatic carbocycles. The van der Waals surface area contributed by atoms with Gasteiger partial charge in [-0.3, -0.25) is 9.69 Å². The number of urea groups is 1. The second-order valence-electron chi connectivity index (χ2n) is 4.15. The van der Waals surface area contributed by atoms with Crippen LogP contribution >= 0.6 is 0 Å². The number of hydrogen-bond acceptors (Lipinski definition) is 2. The fourth-order valence-electron chi connectivity index (χ4n) is 2.22. The molecule has 1 heterocycles. The van der Waals surface area contributed by atoms with Crippen LogP contribution in [-0.4, -0.2) is 23.4 Å². The zero-order valence-electron chi connectivity index (χ0n) is 10.1. The third-order valence-electron chi connectivity index (χ3n) is 3.22. The molecule has 0 saturated carbocycles. The van der Waals surface area contributed by atoms with Crippen molar-refractivity contribution >= 4 is 11.9 Å². The maximum Gasteiger partial charge on any atom is 0.326 e. The number of imide groups is 1. The van der Waals surface area contributed by atoms with Crippen LogP contribution in [0.2, 0.25) is 0 Å². The molecule has 4 nitrogen and oxygen atoms in total. The van der Waals surface area contributed by atoms with E-state index >= 15 is 0 Å². The van der Waals surface area contributed by atoms with E-state index in [1.54, 1.807) is 0 Å². The lowest BCUT2D eigenvalue weighted by Crippen LogP contribution is -2.43. The molecule has 92 valence electrons. The number of benzene rings is 1. The topological polar surface area (TPSA) is 49.4 Å². The Kier molecular flexibility index (Phi) is 3.07. The maximum absolute atomic E-state index is 12.4. The van der Waals surface area contributed by atoms with Crippen LogP contribution in [0.15, 0.2) is 30.3 Å². The molecule has 1 aliphatic rings. The van der Waals surface area contributed by atoms with Crippen LogP contribution in [0.25, 0.3) is 0 Å². The van der Waals surface area contributed by atoms with Crippen LogP contribution in [0, 0.1) is 12.3 Å². The van der Waals surface area contributed by atoms with E-state index in [0.717, 1.165) is 10.5 Å². The first-order valence-electron chi connectivity index (χ1n) is 5.79. The Morgan fingerprint density at radius 3 is 2.56 bits per heavy atom. The van der Waals surface area contributed by atoms with Crippen molar-refractivity contribution in [2.45, 2.75) is 18.9 Å². The van der Waals surface area contributed by atoms with E-state index in [9.17, 15) is 9.59 Å². The monoisotopic (exact) mass is 242 g/mol. The summed E-state index contributed by atoms with van der Waals surface area (Å²) >= 11 is 0. The lowest BCUT2D eigenvalue weighted by Gasteiger charge is -2.25. The molecule has 2 rings (SSSR count). The summed E-state index contributed by atoms with van der Waals surface area (Å²) in [6.07, 6.45) is 5.67. The van der Waals surface area contributed by atoms with Crippen molar-refractivity contribution in [3.8, 4) is 12.3 Å². The van der Waals surface area contributed by atoms with Gasteiger partial charge in [0, 0.05) is 0 Å². The van der Waals surface area contributed by atoms with Gasteiger partial charge in [-0.05, 0) is 12.0 Å². The van der Waals surface area contributed by atoms with Gasteiger partial charge < -0.3 is 5.32 Å². The Morgan fingerprint density at radius 2 is 2.00 bits per heavy atom. The Balaban J connectivity index is 2.45. The van der Waals surface area contributed by atoms with Crippen LogP contribution in [0.5, 0.6) is 0 Å². The van der Waals surface area contributed by atoms with Crippen molar-refractivity contribution < 1.29 is 9.59 Å². The van der Waals surface area contributed by atoms with Gasteiger partial charge in [-0.2, -0.15) is 0 Å². The first-order valence-corrected chi connectivity index (χ1v) is 5.79. The predicted molar refractivity (Wildman–Crippen MR) is 67.5 cm³/mol. The lowest BCUT2D eigenvalue weighted by atomic mass is 9.87. The Morgan fingerprint density at radius 1 is 1.33 bits per heavy atom. The Hall–Kier alpha value is -2.28. The quantitative estimate of drug-likeness (QED) is 0.644. The van der Waals surface area contributed by atoms with E-state index in [4.69, 9.17) is 6.42 Å². The number of rotatable bonds is 3. The molecule has 0 spiro atoms. The van der Waals surface area contributed by atoms with Crippen LogP contribution in [-0.2, 0) is 10.3 Å². The van der Waals surface area contributed by atoms with E-state index < -0.39 is 11.6 Å². The van der Waals surface area contributed by atoms with Crippen LogP contribution in [0.4, 0.5) is 4.79 Å². The molecule has 0 bridgehead atoms. The molecule has 18 heavy (non-hydrogen) atoms. The van der Waals surface area contributed by atoms with Gasteiger partial charge in [0.1, 0.15) is 5.54 Å². The molecule has 0 aromatic heterocycles. The molecule has 1 aromatic rings. The van der Waals surface area contributed by atoms with Gasteiger partial charge in [-0.1, -0.05) is 43.2 Å². The van der Waals surface area contributed by atoms with Crippen LogP contribution < -0.4 is 5.32 Å². The number of carbonyl (C=O) groups is 2. The number of amides is 3. The third-order valence-corrected chi connectivity index (χ3v) is 3.22. The average molecular weight is 242 g/mol. The fourth-order valence-corrected chi connectivity index (χ4v) is 2.22. The van der Waals surface area contributed by atoms with Gasteiger partial charge >= 0.3 is 6.03 Å². The van der Waals surface area contributed by atoms with Crippen molar-refractivity contribution in [2.24, 2.45) is 0 Å². The Bertz CT molecular complexity index is 518. The first kappa shape index (κ1) is 12.2. The van der Waals surface area contributed by atoms with Crippen molar-refractivity contribution in [3.63, 3.8) is 0 Å². The van der Waals surface area contributed by atoms with E-state index in [-0.39, 0.29) is 12.5 Å². The summed E-state index contributed by atoms with van der Waals surface area (Å²) in [6.45, 7) is 1.86. The minimum atomic E-state index is -0.977. The summed E-state index contributed by atoms with van der Waals surface area (Å²) in [4.78, 5) is 25.3. The highest BCUT2D eigenvalue weighted by Gasteiger charge is 2.50. The van der Waals surface area contributed by atoms with Crippen molar-refractivity contribution in [1.82, 2.24) is 10.2 Å². The smallest absolute Gasteiger partial charge is 0.319 e. The second-order valence-corrected chi connectivity index (χ2v) is 4.15. The SMILES string of the molecule is C#CCN1C(=O)NC(CC)(c2ccccc2)C1=O. The van der Waals surface area contributed by atoms with E-state index in [2.05, 4.69) is 11.2 Å². The van der Waals surface area contributed by atoms with Gasteiger partial charge in [-0.25, -0.2) is 4.79 Å². The molecule has 1 fully saturated rings. The van der Waals surface area contributed by atoms with Gasteiger partial charge in [0.05, 0.1) is 6.54 Å². The summed E-state index contributed by atoms with van der Waals surface area (Å²) in [6, 6.07) is 8.80. The number of carbonyl (C=O) groups excluding carboxylic acids is 2. The standard InChI is InChI=1S/C14H14N2O2/c1-3-10-16-12(17)14(4-2,15-13(16)18)11-8-6-5-7-9-11/h1,5-9H,4,10H2,2H3,(H,15,18). The minimum absolute atomic E-state index is 0.000744. The first-order chi connectivity index (χ1) is 8.65. The van der Waals surface area contributed by atoms with Crippen molar-refractivity contribution in [1.29, 1.82) is 0 Å². The molecule has 1 saturated heterocycles. The number of terminal acetylenes is 1. The summed E-state index contributed by atoms with van der Waals surface area (Å²) in [5.74, 6) is 2.05. The number of nitrogens with zero attached hydrogens (tertiary/aromatic N) is 1. The van der Waals surface area contributed by atoms with E-state index in [0.29, 0.717) is 6.42 Å². The Labute approximate surface area is 106 Å². The summed E-state index contributed by atoms with van der Waals surface area (Å²) in [7, 11) is 0. The van der Waals surface area contributed by atoms with Gasteiger partial charge in [0.15, 0.2) is 0 Å². The predicted octanol–water partition coefficient (Wildman–Crippen LogP) is 1.48. The number of nitrogens with one attached hydrogen (secondary N) is 1. The van der Waals surface area contributed by atoms with E-state index in [1.165, 1.54) is 0 Å². The average Bonchev–Trinajstić information content (AvgIpc) is 2.65. The van der Waals surface area contributed by atoms with Gasteiger partial charge in [0.25, 0.3) is 5.91 Å². The molecule has 4 heteroatoms. The van der Waals surface area contributed by atoms with Crippen molar-refractivity contribution in [3.05, 3.63) is 35.9 Å². The fraction of sp³-hybridized carbons (Fsp3) is 0.286. The molecule has 1 aliphatic heterocycles. The third kappa shape index (κ3) is 1.65. The van der Waals surface area contributed by atoms with Gasteiger partial charge in [-0.15, -0.1) is 6.42 Å². The largest absolute Gasteiger partial charge is 0.326 e. The van der Waals surface area contributed by atoms with Crippen molar-refractivity contribution in [2.75, 3.05) is 6.54 Å². The lowest BCUT2D eigenvalue weighted by molar-refractivity contribution is -0.131. The second kappa shape index (κ2) is 4.53. The number of hydrogen-bond donors (Lipinski definition) is 1. The molecular weight excluding hydrogens is 228 g/mol. The summed E-state index contributed by atoms with van der Waals surface area (Å²) in [5, 5.41) is 2.76. The molecule has 0 radical (unpaired) electrons. The van der Waals surface area contributed by atoms with E-state index in [1.807, 2.05) is 37.3 Å². The summed E-state index contributed by atoms with van der Waals surface area (Å²) < 4.78 is 0. The minimum Gasteiger partial charge on any atom is -0.319 e. The molecule has 1 atom stereocenters.